The maximum atomic E-state index is 12.0. The predicted octanol–water partition coefficient (Wildman–Crippen LogP) is 2.85. The predicted molar refractivity (Wildman–Crippen MR) is 81.1 cm³/mol. The molecule has 5 heteroatoms. The Labute approximate surface area is 127 Å². The molecule has 5 nitrogen and oxygen atoms in total. The van der Waals surface area contributed by atoms with E-state index in [0.29, 0.717) is 26.1 Å². The van der Waals surface area contributed by atoms with Crippen LogP contribution in [0, 0.1) is 11.3 Å². The van der Waals surface area contributed by atoms with Crippen molar-refractivity contribution in [1.29, 1.82) is 0 Å². The lowest BCUT2D eigenvalue weighted by Gasteiger charge is -2.22. The number of rotatable bonds is 5. The van der Waals surface area contributed by atoms with Crippen LogP contribution in [0.15, 0.2) is 0 Å². The number of carbonyl (C=O) groups excluding carboxylic acids is 1. The molecule has 1 saturated carbocycles. The topological polar surface area (TPSA) is 69.6 Å². The van der Waals surface area contributed by atoms with Crippen LogP contribution >= 0.6 is 0 Å². The summed E-state index contributed by atoms with van der Waals surface area (Å²) in [4.78, 5) is 24.8. The second-order valence-electron chi connectivity index (χ2n) is 6.92. The van der Waals surface area contributed by atoms with E-state index < -0.39 is 11.4 Å². The van der Waals surface area contributed by atoms with Crippen LogP contribution in [0.1, 0.15) is 58.3 Å². The average molecular weight is 296 g/mol. The van der Waals surface area contributed by atoms with Gasteiger partial charge in [-0.05, 0) is 32.1 Å². The van der Waals surface area contributed by atoms with Crippen LogP contribution in [0.3, 0.4) is 0 Å². The van der Waals surface area contributed by atoms with E-state index in [1.165, 1.54) is 38.5 Å². The van der Waals surface area contributed by atoms with Crippen molar-refractivity contribution in [2.75, 3.05) is 19.6 Å². The highest BCUT2D eigenvalue weighted by Gasteiger charge is 2.42. The van der Waals surface area contributed by atoms with E-state index in [-0.39, 0.29) is 6.03 Å². The Hall–Kier alpha value is -1.26. The fourth-order valence-electron chi connectivity index (χ4n) is 3.48. The van der Waals surface area contributed by atoms with Gasteiger partial charge < -0.3 is 15.3 Å². The monoisotopic (exact) mass is 296 g/mol. The minimum absolute atomic E-state index is 0.108. The first-order valence-electron chi connectivity index (χ1n) is 8.27. The number of nitrogens with zero attached hydrogens (tertiary/aromatic N) is 1. The largest absolute Gasteiger partial charge is 0.481 e. The van der Waals surface area contributed by atoms with Crippen LogP contribution < -0.4 is 5.32 Å². The number of carbonyl (C=O) groups is 2. The Kier molecular flexibility index (Phi) is 5.48. The summed E-state index contributed by atoms with van der Waals surface area (Å²) in [5.74, 6) is 0.0350. The van der Waals surface area contributed by atoms with Gasteiger partial charge in [0, 0.05) is 19.6 Å². The molecule has 2 rings (SSSR count). The minimum atomic E-state index is -0.810. The quantitative estimate of drug-likeness (QED) is 0.766. The molecular formula is C16H28N2O3. The molecule has 0 bridgehead atoms. The van der Waals surface area contributed by atoms with Crippen molar-refractivity contribution < 1.29 is 14.7 Å². The summed E-state index contributed by atoms with van der Waals surface area (Å²) < 4.78 is 0. The zero-order valence-electron chi connectivity index (χ0n) is 13.1. The molecule has 0 aromatic rings. The first-order chi connectivity index (χ1) is 10.0. The Morgan fingerprint density at radius 1 is 1.29 bits per heavy atom. The summed E-state index contributed by atoms with van der Waals surface area (Å²) in [7, 11) is 0. The number of hydrogen-bond acceptors (Lipinski definition) is 2. The molecule has 0 aromatic carbocycles. The van der Waals surface area contributed by atoms with Gasteiger partial charge in [-0.1, -0.05) is 32.1 Å². The van der Waals surface area contributed by atoms with Crippen molar-refractivity contribution >= 4 is 12.0 Å². The second kappa shape index (κ2) is 7.14. The minimum Gasteiger partial charge on any atom is -0.481 e. The normalized spacial score (nSPS) is 26.8. The molecule has 1 atom stereocenters. The summed E-state index contributed by atoms with van der Waals surface area (Å²) in [6, 6.07) is -0.108. The molecular weight excluding hydrogens is 268 g/mol. The van der Waals surface area contributed by atoms with E-state index in [4.69, 9.17) is 0 Å². The van der Waals surface area contributed by atoms with E-state index in [9.17, 15) is 14.7 Å². The molecule has 1 unspecified atom stereocenters. The van der Waals surface area contributed by atoms with Gasteiger partial charge in [0.15, 0.2) is 0 Å². The second-order valence-corrected chi connectivity index (χ2v) is 6.92. The van der Waals surface area contributed by atoms with Gasteiger partial charge in [0.05, 0.1) is 5.41 Å². The summed E-state index contributed by atoms with van der Waals surface area (Å²) >= 11 is 0. The third kappa shape index (κ3) is 4.35. The highest BCUT2D eigenvalue weighted by molar-refractivity contribution is 5.79. The lowest BCUT2D eigenvalue weighted by Crippen LogP contribution is -2.41. The molecule has 1 aliphatic heterocycles. The zero-order valence-corrected chi connectivity index (χ0v) is 13.1. The number of carboxylic acid groups (broad SMARTS) is 1. The van der Waals surface area contributed by atoms with Crippen molar-refractivity contribution in [2.45, 2.75) is 58.3 Å². The molecule has 0 spiro atoms. The van der Waals surface area contributed by atoms with E-state index in [1.807, 2.05) is 0 Å². The average Bonchev–Trinajstić information content (AvgIpc) is 2.89. The Balaban J connectivity index is 1.63. The summed E-state index contributed by atoms with van der Waals surface area (Å²) in [5.41, 5.74) is -0.778. The molecule has 21 heavy (non-hydrogen) atoms. The van der Waals surface area contributed by atoms with E-state index in [2.05, 4.69) is 5.32 Å². The number of urea groups is 1. The third-order valence-electron chi connectivity index (χ3n) is 5.07. The van der Waals surface area contributed by atoms with Crippen LogP contribution in [0.2, 0.25) is 0 Å². The highest BCUT2D eigenvalue weighted by Crippen LogP contribution is 2.30. The SMILES string of the molecule is CC1(C(=O)O)CCN(C(=O)NCCCC2CCCCC2)C1. The van der Waals surface area contributed by atoms with Crippen LogP contribution in [-0.4, -0.2) is 41.6 Å². The summed E-state index contributed by atoms with van der Waals surface area (Å²) in [6.07, 6.45) is 9.56. The van der Waals surface area contributed by atoms with E-state index in [0.717, 1.165) is 12.3 Å². The van der Waals surface area contributed by atoms with Crippen LogP contribution in [0.25, 0.3) is 0 Å². The van der Waals surface area contributed by atoms with Crippen LogP contribution in [-0.2, 0) is 4.79 Å². The van der Waals surface area contributed by atoms with Gasteiger partial charge in [0.1, 0.15) is 0 Å². The number of likely N-dealkylation sites (tertiary alicyclic amines) is 1. The van der Waals surface area contributed by atoms with E-state index in [1.54, 1.807) is 11.8 Å². The fourth-order valence-corrected chi connectivity index (χ4v) is 3.48. The Morgan fingerprint density at radius 3 is 2.62 bits per heavy atom. The van der Waals surface area contributed by atoms with Crippen molar-refractivity contribution in [1.82, 2.24) is 10.2 Å². The first-order valence-corrected chi connectivity index (χ1v) is 8.27. The van der Waals surface area contributed by atoms with Gasteiger partial charge in [-0.3, -0.25) is 4.79 Å². The van der Waals surface area contributed by atoms with Gasteiger partial charge in [-0.15, -0.1) is 0 Å². The molecule has 1 aliphatic carbocycles. The van der Waals surface area contributed by atoms with Gasteiger partial charge in [0.25, 0.3) is 0 Å². The number of nitrogens with one attached hydrogen (secondary N) is 1. The lowest BCUT2D eigenvalue weighted by molar-refractivity contribution is -0.146. The standard InChI is InChI=1S/C16H28N2O3/c1-16(14(19)20)9-11-18(12-16)15(21)17-10-5-8-13-6-3-2-4-7-13/h13H,2-12H2,1H3,(H,17,21)(H,19,20). The maximum absolute atomic E-state index is 12.0. The lowest BCUT2D eigenvalue weighted by atomic mass is 9.86. The van der Waals surface area contributed by atoms with Crippen molar-refractivity contribution in [2.24, 2.45) is 11.3 Å². The van der Waals surface area contributed by atoms with Gasteiger partial charge >= 0.3 is 12.0 Å². The number of amides is 2. The molecule has 120 valence electrons. The molecule has 1 heterocycles. The summed E-state index contributed by atoms with van der Waals surface area (Å²) in [6.45, 7) is 3.27. The molecule has 1 saturated heterocycles. The van der Waals surface area contributed by atoms with Crippen LogP contribution in [0.5, 0.6) is 0 Å². The molecule has 2 aliphatic rings. The van der Waals surface area contributed by atoms with Gasteiger partial charge in [-0.25, -0.2) is 4.79 Å². The maximum Gasteiger partial charge on any atom is 0.317 e. The molecule has 2 N–H and O–H groups in total. The van der Waals surface area contributed by atoms with Gasteiger partial charge in [0.2, 0.25) is 0 Å². The molecule has 2 amide bonds. The van der Waals surface area contributed by atoms with Crippen molar-refractivity contribution in [3.05, 3.63) is 0 Å². The fraction of sp³-hybridized carbons (Fsp3) is 0.875. The van der Waals surface area contributed by atoms with E-state index >= 15 is 0 Å². The Bertz CT molecular complexity index is 380. The smallest absolute Gasteiger partial charge is 0.317 e. The highest BCUT2D eigenvalue weighted by atomic mass is 16.4. The molecule has 2 fully saturated rings. The van der Waals surface area contributed by atoms with Crippen LogP contribution in [0.4, 0.5) is 4.79 Å². The molecule has 0 aromatic heterocycles. The first kappa shape index (κ1) is 16.1. The number of hydrogen-bond donors (Lipinski definition) is 2. The third-order valence-corrected chi connectivity index (χ3v) is 5.07. The van der Waals surface area contributed by atoms with Gasteiger partial charge in [-0.2, -0.15) is 0 Å². The number of aliphatic carboxylic acids is 1. The van der Waals surface area contributed by atoms with Crippen molar-refractivity contribution in [3.8, 4) is 0 Å². The summed E-state index contributed by atoms with van der Waals surface area (Å²) in [5, 5.41) is 12.1. The zero-order chi connectivity index (χ0) is 15.3. The Morgan fingerprint density at radius 2 is 2.00 bits per heavy atom. The number of carboxylic acids is 1. The van der Waals surface area contributed by atoms with Crippen molar-refractivity contribution in [3.63, 3.8) is 0 Å². The molecule has 0 radical (unpaired) electrons.